The second-order valence-corrected chi connectivity index (χ2v) is 8.86. The van der Waals surface area contributed by atoms with Gasteiger partial charge in [0.15, 0.2) is 0 Å². The molecule has 2 aromatic rings. The lowest BCUT2D eigenvalue weighted by molar-refractivity contribution is 0.120. The largest absolute Gasteiger partial charge is 0.391 e. The molecule has 0 amide bonds. The average molecular weight is 436 g/mol. The quantitative estimate of drug-likeness (QED) is 0.434. The Morgan fingerprint density at radius 2 is 1.96 bits per heavy atom. The molecule has 1 N–H and O–H groups in total. The number of aliphatic hydroxyl groups is 1. The first-order chi connectivity index (χ1) is 11.1. The van der Waals surface area contributed by atoms with Crippen molar-refractivity contribution in [2.75, 3.05) is 0 Å². The van der Waals surface area contributed by atoms with Gasteiger partial charge in [0, 0.05) is 15.2 Å². The first-order valence-corrected chi connectivity index (χ1v) is 10.1. The van der Waals surface area contributed by atoms with Crippen LogP contribution in [0.5, 0.6) is 0 Å². The summed E-state index contributed by atoms with van der Waals surface area (Å²) in [6, 6.07) is 12.9. The van der Waals surface area contributed by atoms with E-state index in [0.29, 0.717) is 5.92 Å². The van der Waals surface area contributed by atoms with Gasteiger partial charge < -0.3 is 5.11 Å². The summed E-state index contributed by atoms with van der Waals surface area (Å²) in [7, 11) is 0. The van der Waals surface area contributed by atoms with Crippen LogP contribution in [-0.2, 0) is 0 Å². The Labute approximate surface area is 154 Å². The van der Waals surface area contributed by atoms with Crippen LogP contribution in [0.4, 0.5) is 0 Å². The predicted octanol–water partition coefficient (Wildman–Crippen LogP) is 5.94. The van der Waals surface area contributed by atoms with Gasteiger partial charge in [-0.1, -0.05) is 67.8 Å². The Morgan fingerprint density at radius 3 is 2.83 bits per heavy atom. The van der Waals surface area contributed by atoms with E-state index in [0.717, 1.165) is 17.3 Å². The molecular formula is C20H20Br2O. The zero-order valence-electron chi connectivity index (χ0n) is 12.9. The lowest BCUT2D eigenvalue weighted by atomic mass is 9.67. The van der Waals surface area contributed by atoms with E-state index in [-0.39, 0.29) is 16.8 Å². The first-order valence-electron chi connectivity index (χ1n) is 8.35. The number of hydrogen-bond acceptors (Lipinski definition) is 1. The molecular weight excluding hydrogens is 416 g/mol. The van der Waals surface area contributed by atoms with E-state index in [1.165, 1.54) is 34.8 Å². The second-order valence-electron chi connectivity index (χ2n) is 6.77. The third-order valence-electron chi connectivity index (χ3n) is 5.38. The Morgan fingerprint density at radius 1 is 1.13 bits per heavy atom. The van der Waals surface area contributed by atoms with Crippen LogP contribution in [0, 0.1) is 5.92 Å². The number of halogens is 2. The Kier molecular flexibility index (Phi) is 4.38. The smallest absolute Gasteiger partial charge is 0.0771 e. The molecule has 1 nitrogen and oxygen atoms in total. The molecule has 2 aromatic carbocycles. The SMILES string of the molecule is OC1C(Br)CC2CCCC=C2C1c1cc(Br)cc2ccccc12. The van der Waals surface area contributed by atoms with Crippen LogP contribution >= 0.6 is 31.9 Å². The van der Waals surface area contributed by atoms with Crippen molar-refractivity contribution in [2.45, 2.75) is 42.5 Å². The monoisotopic (exact) mass is 434 g/mol. The van der Waals surface area contributed by atoms with E-state index in [2.05, 4.69) is 74.3 Å². The van der Waals surface area contributed by atoms with Crippen LogP contribution in [-0.4, -0.2) is 16.0 Å². The van der Waals surface area contributed by atoms with Gasteiger partial charge in [-0.25, -0.2) is 0 Å². The summed E-state index contributed by atoms with van der Waals surface area (Å²) in [6.45, 7) is 0. The number of aliphatic hydroxyl groups excluding tert-OH is 1. The fourth-order valence-corrected chi connectivity index (χ4v) is 5.59. The normalized spacial score (nSPS) is 30.8. The van der Waals surface area contributed by atoms with E-state index < -0.39 is 0 Å². The molecule has 2 aliphatic carbocycles. The maximum Gasteiger partial charge on any atom is 0.0771 e. The molecule has 4 atom stereocenters. The van der Waals surface area contributed by atoms with Gasteiger partial charge >= 0.3 is 0 Å². The van der Waals surface area contributed by atoms with Gasteiger partial charge in [-0.15, -0.1) is 0 Å². The average Bonchev–Trinajstić information content (AvgIpc) is 2.55. The van der Waals surface area contributed by atoms with Gasteiger partial charge in [-0.3, -0.25) is 0 Å². The second kappa shape index (κ2) is 6.34. The molecule has 0 aromatic heterocycles. The fourth-order valence-electron chi connectivity index (χ4n) is 4.34. The molecule has 23 heavy (non-hydrogen) atoms. The predicted molar refractivity (Wildman–Crippen MR) is 103 cm³/mol. The van der Waals surface area contributed by atoms with Crippen molar-refractivity contribution in [1.82, 2.24) is 0 Å². The zero-order valence-corrected chi connectivity index (χ0v) is 16.1. The summed E-state index contributed by atoms with van der Waals surface area (Å²) >= 11 is 7.41. The van der Waals surface area contributed by atoms with Crippen molar-refractivity contribution in [3.63, 3.8) is 0 Å². The van der Waals surface area contributed by atoms with Crippen LogP contribution in [0.1, 0.15) is 37.2 Å². The van der Waals surface area contributed by atoms with Crippen molar-refractivity contribution in [3.8, 4) is 0 Å². The third-order valence-corrected chi connectivity index (χ3v) is 6.76. The molecule has 0 bridgehead atoms. The maximum atomic E-state index is 11.0. The number of allylic oxidation sites excluding steroid dienone is 1. The van der Waals surface area contributed by atoms with Gasteiger partial charge in [-0.2, -0.15) is 0 Å². The van der Waals surface area contributed by atoms with Crippen LogP contribution in [0.25, 0.3) is 10.8 Å². The lowest BCUT2D eigenvalue weighted by Gasteiger charge is -2.42. The van der Waals surface area contributed by atoms with Crippen molar-refractivity contribution in [3.05, 3.63) is 58.1 Å². The van der Waals surface area contributed by atoms with Gasteiger partial charge in [0.25, 0.3) is 0 Å². The maximum absolute atomic E-state index is 11.0. The Hall–Kier alpha value is -0.640. The Balaban J connectivity index is 1.92. The third kappa shape index (κ3) is 2.81. The standard InChI is InChI=1S/C20H20Br2O/c21-14-9-12-5-1-3-7-15(12)17(11-14)19-16-8-4-2-6-13(16)10-18(22)20(19)23/h1,3,5,7-9,11,13,18-20,23H,2,4,6,10H2. The summed E-state index contributed by atoms with van der Waals surface area (Å²) in [6.07, 6.45) is 6.76. The number of fused-ring (bicyclic) bond motifs is 2. The van der Waals surface area contributed by atoms with E-state index in [1.807, 2.05) is 0 Å². The van der Waals surface area contributed by atoms with Crippen LogP contribution < -0.4 is 0 Å². The van der Waals surface area contributed by atoms with Gasteiger partial charge in [0.05, 0.1) is 6.10 Å². The fraction of sp³-hybridized carbons (Fsp3) is 0.400. The molecule has 120 valence electrons. The van der Waals surface area contributed by atoms with E-state index in [1.54, 1.807) is 0 Å². The van der Waals surface area contributed by atoms with E-state index in [4.69, 9.17) is 0 Å². The highest BCUT2D eigenvalue weighted by Crippen LogP contribution is 2.49. The molecule has 3 heteroatoms. The molecule has 1 saturated carbocycles. The molecule has 0 spiro atoms. The molecule has 0 heterocycles. The van der Waals surface area contributed by atoms with E-state index >= 15 is 0 Å². The minimum absolute atomic E-state index is 0.0980. The van der Waals surface area contributed by atoms with Gasteiger partial charge in [0.1, 0.15) is 0 Å². The number of benzene rings is 2. The minimum atomic E-state index is -0.367. The van der Waals surface area contributed by atoms with Crippen LogP contribution in [0.2, 0.25) is 0 Å². The van der Waals surface area contributed by atoms with E-state index in [9.17, 15) is 5.11 Å². The minimum Gasteiger partial charge on any atom is -0.391 e. The number of rotatable bonds is 1. The van der Waals surface area contributed by atoms with Crippen molar-refractivity contribution >= 4 is 42.6 Å². The molecule has 2 aliphatic rings. The van der Waals surface area contributed by atoms with Gasteiger partial charge in [0.2, 0.25) is 0 Å². The van der Waals surface area contributed by atoms with Crippen molar-refractivity contribution < 1.29 is 5.11 Å². The summed E-state index contributed by atoms with van der Waals surface area (Å²) in [5.74, 6) is 0.708. The van der Waals surface area contributed by atoms with Crippen LogP contribution in [0.3, 0.4) is 0 Å². The molecule has 1 fully saturated rings. The van der Waals surface area contributed by atoms with Crippen molar-refractivity contribution in [2.24, 2.45) is 5.92 Å². The zero-order chi connectivity index (χ0) is 16.0. The molecule has 4 unspecified atom stereocenters. The first kappa shape index (κ1) is 15.9. The van der Waals surface area contributed by atoms with Gasteiger partial charge in [-0.05, 0) is 60.1 Å². The lowest BCUT2D eigenvalue weighted by Crippen LogP contribution is -2.39. The number of hydrogen-bond donors (Lipinski definition) is 1. The molecule has 0 saturated heterocycles. The highest BCUT2D eigenvalue weighted by atomic mass is 79.9. The molecule has 4 rings (SSSR count). The van der Waals surface area contributed by atoms with Crippen LogP contribution in [0.15, 0.2) is 52.5 Å². The summed E-state index contributed by atoms with van der Waals surface area (Å²) < 4.78 is 1.09. The summed E-state index contributed by atoms with van der Waals surface area (Å²) in [5.41, 5.74) is 2.72. The summed E-state index contributed by atoms with van der Waals surface area (Å²) in [4.78, 5) is 0.172. The topological polar surface area (TPSA) is 20.2 Å². The van der Waals surface area contributed by atoms with Crippen molar-refractivity contribution in [1.29, 1.82) is 0 Å². The molecule has 0 radical (unpaired) electrons. The number of alkyl halides is 1. The summed E-state index contributed by atoms with van der Waals surface area (Å²) in [5, 5.41) is 13.5. The highest BCUT2D eigenvalue weighted by Gasteiger charge is 2.41. The molecule has 0 aliphatic heterocycles. The Bertz CT molecular complexity index is 767. The highest BCUT2D eigenvalue weighted by molar-refractivity contribution is 9.10.